The standard InChI is InChI=1S/C38H22N2O/c41-38-33-16-6-5-15-30(33)32-17-8-18-35-36(32)40(38)37(39-35)25-10-7-9-23(21-25)24-19-20-31-28-13-2-1-11-26(28)27-12-3-4-14-29(27)34(31)22-24/h1-22H. The van der Waals surface area contributed by atoms with E-state index in [1.54, 1.807) is 4.40 Å². The summed E-state index contributed by atoms with van der Waals surface area (Å²) in [6.07, 6.45) is 0. The molecule has 190 valence electrons. The average Bonchev–Trinajstić information content (AvgIpc) is 3.44. The second-order valence-electron chi connectivity index (χ2n) is 10.7. The van der Waals surface area contributed by atoms with Crippen LogP contribution in [0.3, 0.4) is 0 Å². The molecule has 0 radical (unpaired) electrons. The van der Waals surface area contributed by atoms with Gasteiger partial charge < -0.3 is 0 Å². The monoisotopic (exact) mass is 522 g/mol. The van der Waals surface area contributed by atoms with E-state index in [9.17, 15) is 4.79 Å². The molecule has 0 aliphatic heterocycles. The van der Waals surface area contributed by atoms with Gasteiger partial charge in [-0.25, -0.2) is 4.98 Å². The van der Waals surface area contributed by atoms with Gasteiger partial charge in [0.1, 0.15) is 5.82 Å². The van der Waals surface area contributed by atoms with E-state index in [0.717, 1.165) is 38.5 Å². The highest BCUT2D eigenvalue weighted by Crippen LogP contribution is 2.38. The Kier molecular flexibility index (Phi) is 4.48. The third-order valence-corrected chi connectivity index (χ3v) is 8.53. The molecule has 3 heteroatoms. The van der Waals surface area contributed by atoms with Crippen LogP contribution < -0.4 is 5.56 Å². The summed E-state index contributed by atoms with van der Waals surface area (Å²) in [6, 6.07) is 46.3. The molecule has 9 rings (SSSR count). The van der Waals surface area contributed by atoms with E-state index in [1.807, 2.05) is 42.5 Å². The SMILES string of the molecule is O=c1c2ccccc2c2cccc3nc(-c4cccc(-c5ccc6c7ccccc7c7ccccc7c6c5)c4)n1c32. The van der Waals surface area contributed by atoms with Crippen molar-refractivity contribution in [1.29, 1.82) is 0 Å². The number of para-hydroxylation sites is 1. The maximum atomic E-state index is 13.8. The molecule has 0 fully saturated rings. The van der Waals surface area contributed by atoms with Crippen molar-refractivity contribution in [3.63, 3.8) is 0 Å². The molecule has 0 unspecified atom stereocenters. The van der Waals surface area contributed by atoms with Crippen LogP contribution in [0.4, 0.5) is 0 Å². The number of benzene rings is 7. The number of nitrogens with zero attached hydrogens (tertiary/aromatic N) is 2. The van der Waals surface area contributed by atoms with Gasteiger partial charge in [0, 0.05) is 16.3 Å². The fourth-order valence-corrected chi connectivity index (χ4v) is 6.69. The lowest BCUT2D eigenvalue weighted by molar-refractivity contribution is 1.13. The lowest BCUT2D eigenvalue weighted by atomic mass is 9.92. The molecular formula is C38H22N2O. The van der Waals surface area contributed by atoms with Gasteiger partial charge in [-0.15, -0.1) is 0 Å². The van der Waals surface area contributed by atoms with E-state index in [4.69, 9.17) is 4.98 Å². The van der Waals surface area contributed by atoms with E-state index in [1.165, 1.54) is 32.3 Å². The molecule has 0 N–H and O–H groups in total. The van der Waals surface area contributed by atoms with Gasteiger partial charge in [0.2, 0.25) is 0 Å². The zero-order valence-corrected chi connectivity index (χ0v) is 22.0. The van der Waals surface area contributed by atoms with Gasteiger partial charge in [-0.1, -0.05) is 109 Å². The Balaban J connectivity index is 1.29. The van der Waals surface area contributed by atoms with Gasteiger partial charge in [0.15, 0.2) is 0 Å². The van der Waals surface area contributed by atoms with E-state index in [0.29, 0.717) is 11.2 Å². The average molecular weight is 523 g/mol. The van der Waals surface area contributed by atoms with Gasteiger partial charge in [0.05, 0.1) is 11.0 Å². The van der Waals surface area contributed by atoms with Crippen molar-refractivity contribution in [2.24, 2.45) is 0 Å². The predicted octanol–water partition coefficient (Wildman–Crippen LogP) is 9.23. The third kappa shape index (κ3) is 3.09. The van der Waals surface area contributed by atoms with Gasteiger partial charge in [-0.05, 0) is 73.1 Å². The second kappa shape index (κ2) is 8.23. The number of pyridine rings is 1. The Morgan fingerprint density at radius 3 is 1.63 bits per heavy atom. The minimum absolute atomic E-state index is 0.0359. The Hall–Kier alpha value is -5.54. The summed E-state index contributed by atoms with van der Waals surface area (Å²) in [6.45, 7) is 0. The van der Waals surface area contributed by atoms with Crippen molar-refractivity contribution < 1.29 is 0 Å². The van der Waals surface area contributed by atoms with Crippen LogP contribution in [0.25, 0.3) is 82.0 Å². The number of aromatic nitrogens is 2. The van der Waals surface area contributed by atoms with Crippen molar-refractivity contribution in [2.75, 3.05) is 0 Å². The van der Waals surface area contributed by atoms with Crippen LogP contribution in [0, 0.1) is 0 Å². The highest BCUT2D eigenvalue weighted by Gasteiger charge is 2.18. The first-order chi connectivity index (χ1) is 20.3. The molecule has 3 nitrogen and oxygen atoms in total. The van der Waals surface area contributed by atoms with E-state index >= 15 is 0 Å². The Morgan fingerprint density at radius 2 is 0.927 bits per heavy atom. The number of hydrogen-bond donors (Lipinski definition) is 0. The number of imidazole rings is 1. The third-order valence-electron chi connectivity index (χ3n) is 8.53. The van der Waals surface area contributed by atoms with Gasteiger partial charge in [0.25, 0.3) is 5.56 Å². The zero-order chi connectivity index (χ0) is 27.1. The molecule has 0 bridgehead atoms. The van der Waals surface area contributed by atoms with Gasteiger partial charge in [-0.3, -0.25) is 9.20 Å². The van der Waals surface area contributed by atoms with Crippen LogP contribution in [0.15, 0.2) is 138 Å². The smallest absolute Gasteiger partial charge is 0.264 e. The van der Waals surface area contributed by atoms with Crippen LogP contribution in [-0.4, -0.2) is 9.38 Å². The fourth-order valence-electron chi connectivity index (χ4n) is 6.69. The van der Waals surface area contributed by atoms with Gasteiger partial charge in [-0.2, -0.15) is 0 Å². The first-order valence-corrected chi connectivity index (χ1v) is 13.9. The second-order valence-corrected chi connectivity index (χ2v) is 10.7. The summed E-state index contributed by atoms with van der Waals surface area (Å²) >= 11 is 0. The normalized spacial score (nSPS) is 12.0. The summed E-state index contributed by atoms with van der Waals surface area (Å²) in [5.74, 6) is 0.672. The van der Waals surface area contributed by atoms with Crippen LogP contribution in [0.5, 0.6) is 0 Å². The quantitative estimate of drug-likeness (QED) is 0.212. The predicted molar refractivity (Wildman–Crippen MR) is 171 cm³/mol. The van der Waals surface area contributed by atoms with Crippen molar-refractivity contribution in [3.05, 3.63) is 144 Å². The Bertz CT molecular complexity index is 2520. The molecule has 0 aliphatic carbocycles. The van der Waals surface area contributed by atoms with Crippen molar-refractivity contribution in [1.82, 2.24) is 9.38 Å². The minimum Gasteiger partial charge on any atom is -0.268 e. The van der Waals surface area contributed by atoms with Crippen molar-refractivity contribution in [3.8, 4) is 22.5 Å². The molecule has 7 aromatic carbocycles. The van der Waals surface area contributed by atoms with Crippen LogP contribution in [0.1, 0.15) is 0 Å². The van der Waals surface area contributed by atoms with Gasteiger partial charge >= 0.3 is 0 Å². The zero-order valence-electron chi connectivity index (χ0n) is 22.0. The summed E-state index contributed by atoms with van der Waals surface area (Å²) in [7, 11) is 0. The minimum atomic E-state index is -0.0359. The largest absolute Gasteiger partial charge is 0.268 e. The van der Waals surface area contributed by atoms with Crippen molar-refractivity contribution in [2.45, 2.75) is 0 Å². The number of hydrogen-bond acceptors (Lipinski definition) is 2. The first-order valence-electron chi connectivity index (χ1n) is 13.9. The molecular weight excluding hydrogens is 500 g/mol. The van der Waals surface area contributed by atoms with E-state index in [-0.39, 0.29) is 5.56 Å². The summed E-state index contributed by atoms with van der Waals surface area (Å²) < 4.78 is 1.80. The molecule has 0 spiro atoms. The lowest BCUT2D eigenvalue weighted by Gasteiger charge is -2.12. The molecule has 0 atom stereocenters. The molecule has 0 saturated carbocycles. The molecule has 9 aromatic rings. The lowest BCUT2D eigenvalue weighted by Crippen LogP contribution is -2.14. The fraction of sp³-hybridized carbons (Fsp3) is 0. The summed E-state index contributed by atoms with van der Waals surface area (Å²) in [4.78, 5) is 18.8. The highest BCUT2D eigenvalue weighted by molar-refractivity contribution is 6.25. The first kappa shape index (κ1) is 22.3. The molecule has 0 aliphatic rings. The number of fused-ring (bicyclic) bond motifs is 8. The molecule has 2 aromatic heterocycles. The topological polar surface area (TPSA) is 34.4 Å². The Labute approximate surface area is 234 Å². The number of rotatable bonds is 2. The molecule has 41 heavy (non-hydrogen) atoms. The molecule has 0 amide bonds. The Morgan fingerprint density at radius 1 is 0.415 bits per heavy atom. The summed E-state index contributed by atoms with van der Waals surface area (Å²) in [5.41, 5.74) is 4.81. The molecule has 0 saturated heterocycles. The van der Waals surface area contributed by atoms with E-state index < -0.39 is 0 Å². The van der Waals surface area contributed by atoms with Crippen LogP contribution in [0.2, 0.25) is 0 Å². The maximum absolute atomic E-state index is 13.8. The van der Waals surface area contributed by atoms with Crippen LogP contribution >= 0.6 is 0 Å². The van der Waals surface area contributed by atoms with E-state index in [2.05, 4.69) is 91.0 Å². The maximum Gasteiger partial charge on any atom is 0.264 e. The van der Waals surface area contributed by atoms with Crippen molar-refractivity contribution >= 4 is 59.5 Å². The molecule has 2 heterocycles. The summed E-state index contributed by atoms with van der Waals surface area (Å²) in [5, 5.41) is 10.2. The van der Waals surface area contributed by atoms with Crippen LogP contribution in [-0.2, 0) is 0 Å². The highest BCUT2D eigenvalue weighted by atomic mass is 16.1.